The number of benzene rings is 3. The van der Waals surface area contributed by atoms with E-state index in [0.29, 0.717) is 5.75 Å². The molecule has 0 atom stereocenters. The van der Waals surface area contributed by atoms with Crippen LogP contribution in [0.1, 0.15) is 133 Å². The van der Waals surface area contributed by atoms with Gasteiger partial charge in [-0.3, -0.25) is 4.99 Å². The molecular formula is C43H59NO4. The molecule has 260 valence electrons. The lowest BCUT2D eigenvalue weighted by molar-refractivity contribution is -0.128. The Balaban J connectivity index is 1.33. The Bertz CT molecular complexity index is 1340. The van der Waals surface area contributed by atoms with Crippen LogP contribution in [0, 0.1) is 6.92 Å². The molecule has 48 heavy (non-hydrogen) atoms. The van der Waals surface area contributed by atoms with Crippen molar-refractivity contribution in [3.8, 4) is 17.2 Å². The molecule has 0 aliphatic carbocycles. The highest BCUT2D eigenvalue weighted by Gasteiger charge is 2.03. The van der Waals surface area contributed by atoms with E-state index in [4.69, 9.17) is 14.2 Å². The second-order valence-electron chi connectivity index (χ2n) is 12.7. The molecule has 0 aromatic heterocycles. The van der Waals surface area contributed by atoms with Gasteiger partial charge in [0.05, 0.1) is 18.9 Å². The van der Waals surface area contributed by atoms with Crippen molar-refractivity contribution in [1.29, 1.82) is 0 Å². The van der Waals surface area contributed by atoms with Crippen molar-refractivity contribution in [3.63, 3.8) is 0 Å². The van der Waals surface area contributed by atoms with E-state index in [0.717, 1.165) is 59.9 Å². The number of unbranched alkanes of at least 4 members (excludes halogenated alkanes) is 14. The molecule has 0 unspecified atom stereocenters. The van der Waals surface area contributed by atoms with E-state index in [1.807, 2.05) is 67.7 Å². The first-order valence-electron chi connectivity index (χ1n) is 18.6. The first kappa shape index (κ1) is 38.6. The van der Waals surface area contributed by atoms with Gasteiger partial charge in [-0.15, -0.1) is 0 Å². The minimum Gasteiger partial charge on any atom is -0.494 e. The minimum atomic E-state index is -0.424. The van der Waals surface area contributed by atoms with Crippen molar-refractivity contribution >= 4 is 23.9 Å². The Morgan fingerprint density at radius 2 is 1.06 bits per heavy atom. The number of hydrogen-bond donors (Lipinski definition) is 0. The quantitative estimate of drug-likeness (QED) is 0.0300. The Morgan fingerprint density at radius 1 is 0.583 bits per heavy atom. The summed E-state index contributed by atoms with van der Waals surface area (Å²) in [6, 6.07) is 21.1. The van der Waals surface area contributed by atoms with Crippen molar-refractivity contribution in [1.82, 2.24) is 0 Å². The highest BCUT2D eigenvalue weighted by molar-refractivity contribution is 5.89. The van der Waals surface area contributed by atoms with Crippen molar-refractivity contribution in [2.24, 2.45) is 4.99 Å². The first-order chi connectivity index (χ1) is 23.6. The number of aliphatic imine (C=N–C) groups is 1. The first-order valence-corrected chi connectivity index (χ1v) is 18.6. The normalized spacial score (nSPS) is 11.4. The van der Waals surface area contributed by atoms with E-state index < -0.39 is 5.97 Å². The molecule has 0 amide bonds. The van der Waals surface area contributed by atoms with Gasteiger partial charge >= 0.3 is 5.97 Å². The third-order valence-electron chi connectivity index (χ3n) is 8.44. The summed E-state index contributed by atoms with van der Waals surface area (Å²) in [7, 11) is 0. The van der Waals surface area contributed by atoms with E-state index in [2.05, 4.69) is 18.8 Å². The van der Waals surface area contributed by atoms with Gasteiger partial charge in [0.1, 0.15) is 17.2 Å². The number of rotatable bonds is 25. The predicted octanol–water partition coefficient (Wildman–Crippen LogP) is 12.4. The van der Waals surface area contributed by atoms with Crippen LogP contribution in [0.3, 0.4) is 0 Å². The lowest BCUT2D eigenvalue weighted by Gasteiger charge is -2.08. The molecule has 0 N–H and O–H groups in total. The molecule has 0 saturated carbocycles. The average Bonchev–Trinajstić information content (AvgIpc) is 3.10. The van der Waals surface area contributed by atoms with Crippen LogP contribution in [0.15, 0.2) is 77.8 Å². The number of esters is 1. The standard InChI is InChI=1S/C43H59NO4/c1-4-6-8-10-12-14-16-18-32-46-39-25-20-37(21-26-39)24-31-43(45)48-40-27-22-38(23-28-40)35-44-42-30-29-41(34-36(42)3)47-33-19-17-15-13-11-9-7-5-2/h20-31,34-35H,4-19,32-33H2,1-3H3/b31-24+,44-35?. The number of aryl methyl sites for hydroxylation is 1. The minimum absolute atomic E-state index is 0.424. The number of carbonyl (C=O) groups excluding carboxylic acids is 1. The molecule has 3 aromatic carbocycles. The number of ether oxygens (including phenoxy) is 3. The highest BCUT2D eigenvalue weighted by Crippen LogP contribution is 2.24. The molecule has 5 heteroatoms. The molecule has 0 saturated heterocycles. The van der Waals surface area contributed by atoms with Crippen LogP contribution in [0.5, 0.6) is 17.2 Å². The van der Waals surface area contributed by atoms with Gasteiger partial charge in [0.25, 0.3) is 0 Å². The van der Waals surface area contributed by atoms with Crippen molar-refractivity contribution in [3.05, 3.63) is 89.5 Å². The van der Waals surface area contributed by atoms with Gasteiger partial charge < -0.3 is 14.2 Å². The summed E-state index contributed by atoms with van der Waals surface area (Å²) in [5.41, 5.74) is 3.80. The second-order valence-corrected chi connectivity index (χ2v) is 12.7. The summed E-state index contributed by atoms with van der Waals surface area (Å²) in [5, 5.41) is 0. The molecule has 0 fully saturated rings. The number of hydrogen-bond acceptors (Lipinski definition) is 5. The zero-order valence-electron chi connectivity index (χ0n) is 29.9. The summed E-state index contributed by atoms with van der Waals surface area (Å²) < 4.78 is 17.3. The largest absolute Gasteiger partial charge is 0.494 e. The molecule has 0 spiro atoms. The number of nitrogens with zero attached hydrogens (tertiary/aromatic N) is 1. The highest BCUT2D eigenvalue weighted by atomic mass is 16.5. The summed E-state index contributed by atoms with van der Waals surface area (Å²) in [6.07, 6.45) is 25.6. The van der Waals surface area contributed by atoms with E-state index in [1.54, 1.807) is 18.2 Å². The topological polar surface area (TPSA) is 57.1 Å². The summed E-state index contributed by atoms with van der Waals surface area (Å²) >= 11 is 0. The molecule has 3 aromatic rings. The third-order valence-corrected chi connectivity index (χ3v) is 8.44. The Hall–Kier alpha value is -3.86. The van der Waals surface area contributed by atoms with Gasteiger partial charge in [-0.25, -0.2) is 4.79 Å². The van der Waals surface area contributed by atoms with Crippen LogP contribution in [0.2, 0.25) is 0 Å². The fourth-order valence-electron chi connectivity index (χ4n) is 5.47. The number of carbonyl (C=O) groups is 1. The zero-order valence-corrected chi connectivity index (χ0v) is 29.9. The fraction of sp³-hybridized carbons (Fsp3) is 0.488. The molecule has 0 radical (unpaired) electrons. The Labute approximate surface area is 290 Å². The van der Waals surface area contributed by atoms with Gasteiger partial charge in [0.15, 0.2) is 0 Å². The lowest BCUT2D eigenvalue weighted by atomic mass is 10.1. The van der Waals surface area contributed by atoms with E-state index >= 15 is 0 Å². The van der Waals surface area contributed by atoms with Crippen molar-refractivity contribution in [2.75, 3.05) is 13.2 Å². The van der Waals surface area contributed by atoms with Gasteiger partial charge in [-0.1, -0.05) is 116 Å². The molecule has 0 aliphatic rings. The maximum Gasteiger partial charge on any atom is 0.336 e. The van der Waals surface area contributed by atoms with Crippen molar-refractivity contribution < 1.29 is 19.0 Å². The van der Waals surface area contributed by atoms with Gasteiger partial charge in [-0.2, -0.15) is 0 Å². The zero-order chi connectivity index (χ0) is 34.1. The van der Waals surface area contributed by atoms with Crippen LogP contribution >= 0.6 is 0 Å². The maximum absolute atomic E-state index is 12.4. The van der Waals surface area contributed by atoms with Crippen LogP contribution in [0.4, 0.5) is 5.69 Å². The SMILES string of the molecule is CCCCCCCCCCOc1ccc(/C=C/C(=O)Oc2ccc(C=Nc3ccc(OCCCCCCCCCC)cc3C)cc2)cc1. The molecule has 5 nitrogen and oxygen atoms in total. The molecule has 3 rings (SSSR count). The van der Waals surface area contributed by atoms with Gasteiger partial charge in [0, 0.05) is 12.3 Å². The Morgan fingerprint density at radius 3 is 1.62 bits per heavy atom. The van der Waals surface area contributed by atoms with Crippen LogP contribution in [0.25, 0.3) is 6.08 Å². The summed E-state index contributed by atoms with van der Waals surface area (Å²) in [4.78, 5) is 17.1. The third kappa shape index (κ3) is 16.8. The van der Waals surface area contributed by atoms with Gasteiger partial charge in [0.2, 0.25) is 0 Å². The van der Waals surface area contributed by atoms with Crippen LogP contribution < -0.4 is 14.2 Å². The fourth-order valence-corrected chi connectivity index (χ4v) is 5.47. The van der Waals surface area contributed by atoms with Crippen LogP contribution in [-0.2, 0) is 4.79 Å². The smallest absolute Gasteiger partial charge is 0.336 e. The van der Waals surface area contributed by atoms with Gasteiger partial charge in [-0.05, 0) is 97.1 Å². The van der Waals surface area contributed by atoms with Crippen LogP contribution in [-0.4, -0.2) is 25.4 Å². The lowest BCUT2D eigenvalue weighted by Crippen LogP contribution is -2.03. The van der Waals surface area contributed by atoms with E-state index in [-0.39, 0.29) is 0 Å². The monoisotopic (exact) mass is 653 g/mol. The van der Waals surface area contributed by atoms with Crippen molar-refractivity contribution in [2.45, 2.75) is 124 Å². The second kappa shape index (κ2) is 24.3. The summed E-state index contributed by atoms with van der Waals surface area (Å²) in [5.74, 6) is 1.81. The average molecular weight is 654 g/mol. The molecule has 0 bridgehead atoms. The predicted molar refractivity (Wildman–Crippen MR) is 202 cm³/mol. The maximum atomic E-state index is 12.4. The molecular weight excluding hydrogens is 594 g/mol. The van der Waals surface area contributed by atoms with E-state index in [1.165, 1.54) is 96.0 Å². The molecule has 0 heterocycles. The molecule has 0 aliphatic heterocycles. The Kier molecular flexibility index (Phi) is 19.5. The summed E-state index contributed by atoms with van der Waals surface area (Å²) in [6.45, 7) is 8.05. The van der Waals surface area contributed by atoms with E-state index in [9.17, 15) is 4.79 Å².